The molecule has 0 atom stereocenters. The van der Waals surface area contributed by atoms with Gasteiger partial charge in [0.25, 0.3) is 10.0 Å². The van der Waals surface area contributed by atoms with E-state index in [0.29, 0.717) is 16.6 Å². The van der Waals surface area contributed by atoms with Crippen molar-refractivity contribution >= 4 is 27.2 Å². The first-order chi connectivity index (χ1) is 8.66. The van der Waals surface area contributed by atoms with Crippen molar-refractivity contribution in [2.45, 2.75) is 24.0 Å². The van der Waals surface area contributed by atoms with Gasteiger partial charge in [-0.25, -0.2) is 8.42 Å². The third-order valence-corrected chi connectivity index (χ3v) is 5.79. The van der Waals surface area contributed by atoms with E-state index in [-0.39, 0.29) is 0 Å². The third kappa shape index (κ3) is 2.59. The van der Waals surface area contributed by atoms with Crippen molar-refractivity contribution in [2.75, 3.05) is 10.8 Å². The van der Waals surface area contributed by atoms with E-state index in [1.165, 1.54) is 15.6 Å². The second-order valence-electron chi connectivity index (χ2n) is 3.92. The lowest BCUT2D eigenvalue weighted by atomic mass is 10.3. The first-order valence-electron chi connectivity index (χ1n) is 5.86. The number of unbranched alkanes of at least 4 members (excludes halogenated alkanes) is 1. The fourth-order valence-electron chi connectivity index (χ4n) is 1.67. The minimum Gasteiger partial charge on any atom is -0.348 e. The monoisotopic (exact) mass is 284 g/mol. The number of thiophene rings is 1. The van der Waals surface area contributed by atoms with Crippen molar-refractivity contribution in [3.8, 4) is 0 Å². The fraction of sp³-hybridized carbons (Fsp3) is 0.333. The summed E-state index contributed by atoms with van der Waals surface area (Å²) < 4.78 is 26.9. The maximum Gasteiger partial charge on any atom is 0.274 e. The zero-order chi connectivity index (χ0) is 13.0. The Hall–Kier alpha value is -1.27. The van der Waals surface area contributed by atoms with Crippen LogP contribution in [-0.4, -0.2) is 19.9 Å². The van der Waals surface area contributed by atoms with E-state index in [4.69, 9.17) is 0 Å². The second-order valence-corrected chi connectivity index (χ2v) is 6.96. The number of aromatic amines is 1. The average molecular weight is 284 g/mol. The topological polar surface area (TPSA) is 53.2 Å². The van der Waals surface area contributed by atoms with Crippen LogP contribution in [0, 0.1) is 0 Å². The highest BCUT2D eigenvalue weighted by atomic mass is 32.2. The summed E-state index contributed by atoms with van der Waals surface area (Å²) in [4.78, 5) is 2.97. The molecular weight excluding hydrogens is 268 g/mol. The van der Waals surface area contributed by atoms with Gasteiger partial charge in [-0.3, -0.25) is 4.31 Å². The lowest BCUT2D eigenvalue weighted by molar-refractivity contribution is 0.590. The molecule has 0 saturated carbocycles. The van der Waals surface area contributed by atoms with E-state index in [0.717, 1.165) is 12.8 Å². The molecule has 0 radical (unpaired) electrons. The number of nitrogens with zero attached hydrogens (tertiary/aromatic N) is 1. The van der Waals surface area contributed by atoms with Gasteiger partial charge in [-0.1, -0.05) is 19.4 Å². The van der Waals surface area contributed by atoms with Crippen molar-refractivity contribution in [2.24, 2.45) is 0 Å². The van der Waals surface area contributed by atoms with Crippen molar-refractivity contribution in [3.63, 3.8) is 0 Å². The van der Waals surface area contributed by atoms with Crippen LogP contribution in [0.1, 0.15) is 19.8 Å². The molecular formula is C12H16N2O2S2. The van der Waals surface area contributed by atoms with Gasteiger partial charge in [-0.2, -0.15) is 0 Å². The van der Waals surface area contributed by atoms with Crippen LogP contribution in [0.5, 0.6) is 0 Å². The molecule has 2 aromatic rings. The van der Waals surface area contributed by atoms with Gasteiger partial charge in [0, 0.05) is 12.7 Å². The first-order valence-corrected chi connectivity index (χ1v) is 8.18. The standard InChI is InChI=1S/C12H16N2O2S2/c1-2-3-9-14(11-6-4-8-13-11)18(15,16)12-7-5-10-17-12/h4-8,10,13H,2-3,9H2,1H3. The zero-order valence-electron chi connectivity index (χ0n) is 10.2. The molecule has 2 rings (SSSR count). The van der Waals surface area contributed by atoms with E-state index in [1.54, 1.807) is 35.8 Å². The quantitative estimate of drug-likeness (QED) is 0.886. The van der Waals surface area contributed by atoms with Crippen molar-refractivity contribution in [1.82, 2.24) is 4.98 Å². The van der Waals surface area contributed by atoms with Gasteiger partial charge in [0.15, 0.2) is 0 Å². The maximum absolute atomic E-state index is 12.5. The predicted molar refractivity (Wildman–Crippen MR) is 74.6 cm³/mol. The largest absolute Gasteiger partial charge is 0.348 e. The number of hydrogen-bond acceptors (Lipinski definition) is 3. The molecule has 98 valence electrons. The first kappa shape index (κ1) is 13.2. The minimum absolute atomic E-state index is 0.383. The van der Waals surface area contributed by atoms with Gasteiger partial charge in [-0.05, 0) is 30.0 Å². The van der Waals surface area contributed by atoms with E-state index in [2.05, 4.69) is 4.98 Å². The van der Waals surface area contributed by atoms with Crippen LogP contribution in [0.4, 0.5) is 5.82 Å². The summed E-state index contributed by atoms with van der Waals surface area (Å²) >= 11 is 1.25. The number of hydrogen-bond donors (Lipinski definition) is 1. The number of sulfonamides is 1. The van der Waals surface area contributed by atoms with E-state index in [9.17, 15) is 8.42 Å². The number of anilines is 1. The van der Waals surface area contributed by atoms with Crippen LogP contribution in [0.3, 0.4) is 0 Å². The van der Waals surface area contributed by atoms with Crippen molar-refractivity contribution in [1.29, 1.82) is 0 Å². The van der Waals surface area contributed by atoms with E-state index in [1.807, 2.05) is 6.92 Å². The van der Waals surface area contributed by atoms with E-state index < -0.39 is 10.0 Å². The van der Waals surface area contributed by atoms with Gasteiger partial charge in [0.05, 0.1) is 0 Å². The molecule has 2 heterocycles. The molecule has 4 nitrogen and oxygen atoms in total. The highest BCUT2D eigenvalue weighted by molar-refractivity contribution is 7.94. The number of nitrogens with one attached hydrogen (secondary N) is 1. The molecule has 0 saturated heterocycles. The number of rotatable bonds is 6. The fourth-order valence-corrected chi connectivity index (χ4v) is 4.25. The van der Waals surface area contributed by atoms with Gasteiger partial charge >= 0.3 is 0 Å². The van der Waals surface area contributed by atoms with E-state index >= 15 is 0 Å². The molecule has 18 heavy (non-hydrogen) atoms. The lowest BCUT2D eigenvalue weighted by Crippen LogP contribution is -2.31. The van der Waals surface area contributed by atoms with Crippen LogP contribution < -0.4 is 4.31 Å². The Kier molecular flexibility index (Phi) is 4.08. The van der Waals surface area contributed by atoms with Crippen LogP contribution in [-0.2, 0) is 10.0 Å². The Morgan fingerprint density at radius 1 is 1.33 bits per heavy atom. The number of aromatic nitrogens is 1. The molecule has 0 amide bonds. The molecule has 0 unspecified atom stereocenters. The molecule has 0 aromatic carbocycles. The highest BCUT2D eigenvalue weighted by Crippen LogP contribution is 2.25. The number of H-pyrrole nitrogens is 1. The summed E-state index contributed by atoms with van der Waals surface area (Å²) in [6.07, 6.45) is 3.53. The molecule has 1 N–H and O–H groups in total. The van der Waals surface area contributed by atoms with Gasteiger partial charge in [0.1, 0.15) is 10.0 Å². The maximum atomic E-state index is 12.5. The van der Waals surface area contributed by atoms with Crippen molar-refractivity contribution in [3.05, 3.63) is 35.8 Å². The SMILES string of the molecule is CCCCN(c1ccc[nH]1)S(=O)(=O)c1cccs1. The molecule has 0 aliphatic carbocycles. The third-order valence-electron chi connectivity index (χ3n) is 2.60. The summed E-state index contributed by atoms with van der Waals surface area (Å²) in [7, 11) is -3.43. The zero-order valence-corrected chi connectivity index (χ0v) is 11.8. The molecule has 0 bridgehead atoms. The van der Waals surface area contributed by atoms with Crippen LogP contribution >= 0.6 is 11.3 Å². The molecule has 0 fully saturated rings. The summed E-state index contributed by atoms with van der Waals surface area (Å²) in [6, 6.07) is 6.98. The Morgan fingerprint density at radius 3 is 2.72 bits per heavy atom. The Morgan fingerprint density at radius 2 is 2.17 bits per heavy atom. The minimum atomic E-state index is -3.43. The van der Waals surface area contributed by atoms with Crippen molar-refractivity contribution < 1.29 is 8.42 Å². The van der Waals surface area contributed by atoms with Gasteiger partial charge < -0.3 is 4.98 Å². The Balaban J connectivity index is 2.35. The summed E-state index contributed by atoms with van der Waals surface area (Å²) in [5.74, 6) is 0.622. The molecule has 0 aliphatic rings. The molecule has 6 heteroatoms. The van der Waals surface area contributed by atoms with Gasteiger partial charge in [0.2, 0.25) is 0 Å². The molecule has 0 spiro atoms. The summed E-state index contributed by atoms with van der Waals surface area (Å²) in [5.41, 5.74) is 0. The molecule has 2 aromatic heterocycles. The second kappa shape index (κ2) is 5.58. The van der Waals surface area contributed by atoms with Crippen LogP contribution in [0.2, 0.25) is 0 Å². The Bertz CT molecular complexity index is 559. The Labute approximate surface area is 111 Å². The highest BCUT2D eigenvalue weighted by Gasteiger charge is 2.25. The normalized spacial score (nSPS) is 11.6. The summed E-state index contributed by atoms with van der Waals surface area (Å²) in [5, 5.41) is 1.78. The van der Waals surface area contributed by atoms with Crippen LogP contribution in [0.25, 0.3) is 0 Å². The predicted octanol–water partition coefficient (Wildman–Crippen LogP) is 3.07. The smallest absolute Gasteiger partial charge is 0.274 e. The van der Waals surface area contributed by atoms with Crippen LogP contribution in [0.15, 0.2) is 40.1 Å². The van der Waals surface area contributed by atoms with Gasteiger partial charge in [-0.15, -0.1) is 11.3 Å². The average Bonchev–Trinajstić information content (AvgIpc) is 3.02. The summed E-state index contributed by atoms with van der Waals surface area (Å²) in [6.45, 7) is 2.54. The lowest BCUT2D eigenvalue weighted by Gasteiger charge is -2.21. The molecule has 0 aliphatic heterocycles.